The van der Waals surface area contributed by atoms with E-state index in [1.165, 1.54) is 12.8 Å². The van der Waals surface area contributed by atoms with E-state index in [0.29, 0.717) is 11.8 Å². The molecule has 1 saturated heterocycles. The molecule has 0 bridgehead atoms. The molecule has 2 aliphatic rings. The number of amides is 1. The van der Waals surface area contributed by atoms with Crippen LogP contribution < -0.4 is 0 Å². The van der Waals surface area contributed by atoms with Gasteiger partial charge in [0.2, 0.25) is 5.91 Å². The van der Waals surface area contributed by atoms with E-state index in [4.69, 9.17) is 4.98 Å². The third kappa shape index (κ3) is 3.64. The molecule has 1 amide bonds. The standard InChI is InChI=1S/C20H27N5O/c1-24-10-8-22-19(24)18-13-21-12-17(23-18)11-15-5-4-9-25(14-15)20(26)16-6-2-3-7-16/h8,10,12-13,15-16H,2-7,9,11,14H2,1H3/t15-/m0/s1. The third-order valence-electron chi connectivity index (χ3n) is 5.77. The van der Waals surface area contributed by atoms with Crippen LogP contribution in [0, 0.1) is 11.8 Å². The fourth-order valence-corrected chi connectivity index (χ4v) is 4.38. The summed E-state index contributed by atoms with van der Waals surface area (Å²) >= 11 is 0. The highest BCUT2D eigenvalue weighted by molar-refractivity contribution is 5.79. The third-order valence-corrected chi connectivity index (χ3v) is 5.77. The number of imidazole rings is 1. The van der Waals surface area contributed by atoms with Gasteiger partial charge in [0.05, 0.1) is 11.9 Å². The predicted molar refractivity (Wildman–Crippen MR) is 99.2 cm³/mol. The van der Waals surface area contributed by atoms with Crippen molar-refractivity contribution in [3.05, 3.63) is 30.5 Å². The normalized spacial score (nSPS) is 21.3. The Kier molecular flexibility index (Phi) is 5.00. The SMILES string of the molecule is Cn1ccnc1-c1cncc(C[C@@H]2CCCN(C(=O)C3CCCC3)C2)n1. The minimum absolute atomic E-state index is 0.278. The summed E-state index contributed by atoms with van der Waals surface area (Å²) in [5, 5.41) is 0. The number of hydrogen-bond donors (Lipinski definition) is 0. The average Bonchev–Trinajstić information content (AvgIpc) is 3.33. The molecule has 6 nitrogen and oxygen atoms in total. The Balaban J connectivity index is 1.42. The molecule has 1 aliphatic carbocycles. The molecule has 0 unspecified atom stereocenters. The van der Waals surface area contributed by atoms with Crippen LogP contribution in [0.3, 0.4) is 0 Å². The van der Waals surface area contributed by atoms with Crippen LogP contribution in [-0.2, 0) is 18.3 Å². The monoisotopic (exact) mass is 353 g/mol. The van der Waals surface area contributed by atoms with Crippen molar-refractivity contribution in [2.24, 2.45) is 18.9 Å². The minimum Gasteiger partial charge on any atom is -0.342 e. The van der Waals surface area contributed by atoms with Gasteiger partial charge in [-0.05, 0) is 38.0 Å². The fourth-order valence-electron chi connectivity index (χ4n) is 4.38. The van der Waals surface area contributed by atoms with Gasteiger partial charge in [-0.1, -0.05) is 12.8 Å². The average molecular weight is 353 g/mol. The van der Waals surface area contributed by atoms with Gasteiger partial charge in [-0.25, -0.2) is 9.97 Å². The number of carbonyl (C=O) groups is 1. The van der Waals surface area contributed by atoms with Gasteiger partial charge in [0.25, 0.3) is 0 Å². The summed E-state index contributed by atoms with van der Waals surface area (Å²) in [6.07, 6.45) is 15.0. The van der Waals surface area contributed by atoms with E-state index in [9.17, 15) is 4.79 Å². The first kappa shape index (κ1) is 17.2. The van der Waals surface area contributed by atoms with Crippen molar-refractivity contribution in [3.8, 4) is 11.5 Å². The van der Waals surface area contributed by atoms with Crippen LogP contribution in [0.25, 0.3) is 11.5 Å². The van der Waals surface area contributed by atoms with Gasteiger partial charge in [-0.3, -0.25) is 9.78 Å². The molecule has 1 atom stereocenters. The van der Waals surface area contributed by atoms with Crippen molar-refractivity contribution in [1.29, 1.82) is 0 Å². The van der Waals surface area contributed by atoms with Crippen molar-refractivity contribution in [3.63, 3.8) is 0 Å². The second kappa shape index (κ2) is 7.56. The maximum atomic E-state index is 12.7. The number of hydrogen-bond acceptors (Lipinski definition) is 4. The van der Waals surface area contributed by atoms with Crippen LogP contribution in [0.1, 0.15) is 44.2 Å². The molecule has 0 radical (unpaired) electrons. The molecule has 6 heteroatoms. The molecule has 2 fully saturated rings. The van der Waals surface area contributed by atoms with Gasteiger partial charge in [0.1, 0.15) is 5.69 Å². The zero-order valence-corrected chi connectivity index (χ0v) is 15.5. The quantitative estimate of drug-likeness (QED) is 0.848. The number of nitrogens with zero attached hydrogens (tertiary/aromatic N) is 5. The van der Waals surface area contributed by atoms with Gasteiger partial charge >= 0.3 is 0 Å². The Morgan fingerprint density at radius 1 is 1.19 bits per heavy atom. The van der Waals surface area contributed by atoms with E-state index in [2.05, 4.69) is 14.9 Å². The zero-order valence-electron chi connectivity index (χ0n) is 15.5. The molecule has 26 heavy (non-hydrogen) atoms. The van der Waals surface area contributed by atoms with Crippen molar-refractivity contribution in [2.45, 2.75) is 44.9 Å². The number of likely N-dealkylation sites (tertiary alicyclic amines) is 1. The van der Waals surface area contributed by atoms with E-state index in [1.54, 1.807) is 12.4 Å². The fraction of sp³-hybridized carbons (Fsp3) is 0.600. The number of carbonyl (C=O) groups excluding carboxylic acids is 1. The Labute approximate surface area is 154 Å². The number of aromatic nitrogens is 4. The summed E-state index contributed by atoms with van der Waals surface area (Å²) < 4.78 is 1.95. The Morgan fingerprint density at radius 2 is 2.04 bits per heavy atom. The van der Waals surface area contributed by atoms with Crippen LogP contribution in [0.4, 0.5) is 0 Å². The van der Waals surface area contributed by atoms with Crippen molar-refractivity contribution in [2.75, 3.05) is 13.1 Å². The maximum absolute atomic E-state index is 12.7. The molecule has 1 saturated carbocycles. The number of aryl methyl sites for hydroxylation is 1. The highest BCUT2D eigenvalue weighted by Crippen LogP contribution is 2.29. The highest BCUT2D eigenvalue weighted by atomic mass is 16.2. The smallest absolute Gasteiger partial charge is 0.225 e. The number of piperidine rings is 1. The van der Waals surface area contributed by atoms with Crippen LogP contribution >= 0.6 is 0 Å². The van der Waals surface area contributed by atoms with Crippen molar-refractivity contribution < 1.29 is 4.79 Å². The van der Waals surface area contributed by atoms with Gasteiger partial charge < -0.3 is 9.47 Å². The first-order valence-electron chi connectivity index (χ1n) is 9.78. The highest BCUT2D eigenvalue weighted by Gasteiger charge is 2.30. The first-order chi connectivity index (χ1) is 12.7. The van der Waals surface area contributed by atoms with E-state index < -0.39 is 0 Å². The molecule has 138 valence electrons. The lowest BCUT2D eigenvalue weighted by molar-refractivity contribution is -0.137. The molecule has 1 aliphatic heterocycles. The lowest BCUT2D eigenvalue weighted by Crippen LogP contribution is -2.43. The van der Waals surface area contributed by atoms with E-state index >= 15 is 0 Å². The lowest BCUT2D eigenvalue weighted by atomic mass is 9.92. The van der Waals surface area contributed by atoms with Crippen molar-refractivity contribution >= 4 is 5.91 Å². The summed E-state index contributed by atoms with van der Waals surface area (Å²) in [5.41, 5.74) is 1.80. The zero-order chi connectivity index (χ0) is 17.9. The molecule has 0 aromatic carbocycles. The Bertz CT molecular complexity index is 765. The van der Waals surface area contributed by atoms with Gasteiger partial charge in [0, 0.05) is 44.6 Å². The van der Waals surface area contributed by atoms with Crippen LogP contribution in [0.2, 0.25) is 0 Å². The minimum atomic E-state index is 0.278. The van der Waals surface area contributed by atoms with Gasteiger partial charge in [-0.2, -0.15) is 0 Å². The summed E-state index contributed by atoms with van der Waals surface area (Å²) in [4.78, 5) is 28.3. The van der Waals surface area contributed by atoms with E-state index in [-0.39, 0.29) is 5.92 Å². The first-order valence-corrected chi connectivity index (χ1v) is 9.78. The summed E-state index contributed by atoms with van der Waals surface area (Å²) in [6, 6.07) is 0. The summed E-state index contributed by atoms with van der Waals surface area (Å²) in [5.74, 6) is 1.97. The molecule has 2 aromatic rings. The van der Waals surface area contributed by atoms with Crippen molar-refractivity contribution in [1.82, 2.24) is 24.4 Å². The molecule has 2 aromatic heterocycles. The lowest BCUT2D eigenvalue weighted by Gasteiger charge is -2.34. The summed E-state index contributed by atoms with van der Waals surface area (Å²) in [7, 11) is 1.96. The second-order valence-electron chi connectivity index (χ2n) is 7.74. The molecule has 0 N–H and O–H groups in total. The molecule has 4 rings (SSSR count). The molecule has 3 heterocycles. The predicted octanol–water partition coefficient (Wildman–Crippen LogP) is 2.85. The Morgan fingerprint density at radius 3 is 2.81 bits per heavy atom. The molecular weight excluding hydrogens is 326 g/mol. The summed E-state index contributed by atoms with van der Waals surface area (Å²) in [6.45, 7) is 1.79. The van der Waals surface area contributed by atoms with Crippen LogP contribution in [0.15, 0.2) is 24.8 Å². The van der Waals surface area contributed by atoms with Gasteiger partial charge in [0.15, 0.2) is 5.82 Å². The molecular formula is C20H27N5O. The van der Waals surface area contributed by atoms with Crippen LogP contribution in [0.5, 0.6) is 0 Å². The number of rotatable bonds is 4. The van der Waals surface area contributed by atoms with Crippen LogP contribution in [-0.4, -0.2) is 43.4 Å². The largest absolute Gasteiger partial charge is 0.342 e. The maximum Gasteiger partial charge on any atom is 0.225 e. The van der Waals surface area contributed by atoms with E-state index in [0.717, 1.165) is 62.4 Å². The van der Waals surface area contributed by atoms with Gasteiger partial charge in [-0.15, -0.1) is 0 Å². The topological polar surface area (TPSA) is 63.9 Å². The van der Waals surface area contributed by atoms with E-state index in [1.807, 2.05) is 24.0 Å². The second-order valence-corrected chi connectivity index (χ2v) is 7.74. The Hall–Kier alpha value is -2.24. The molecule has 0 spiro atoms.